The molecule has 8 heteroatoms. The van der Waals surface area contributed by atoms with Gasteiger partial charge in [0.2, 0.25) is 0 Å². The SMILES string of the molecule is CN=C(NCCCOCCOC)NCC(CC(C)C)N1CCOCC1.I. The Bertz CT molecular complexity index is 353. The highest BCUT2D eigenvalue weighted by Crippen LogP contribution is 2.12. The number of ether oxygens (including phenoxy) is 3. The monoisotopic (exact) mass is 486 g/mol. The number of rotatable bonds is 12. The smallest absolute Gasteiger partial charge is 0.191 e. The van der Waals surface area contributed by atoms with Gasteiger partial charge in [-0.15, -0.1) is 24.0 Å². The minimum atomic E-state index is 0. The fourth-order valence-corrected chi connectivity index (χ4v) is 2.91. The molecule has 1 rings (SSSR count). The lowest BCUT2D eigenvalue weighted by Crippen LogP contribution is -2.51. The molecule has 0 bridgehead atoms. The first-order chi connectivity index (χ1) is 12.2. The van der Waals surface area contributed by atoms with E-state index in [4.69, 9.17) is 14.2 Å². The van der Waals surface area contributed by atoms with Gasteiger partial charge in [-0.1, -0.05) is 13.8 Å². The molecule has 0 aromatic heterocycles. The molecule has 1 fully saturated rings. The predicted octanol–water partition coefficient (Wildman–Crippen LogP) is 1.57. The molecule has 0 spiro atoms. The largest absolute Gasteiger partial charge is 0.382 e. The number of methoxy groups -OCH3 is 1. The van der Waals surface area contributed by atoms with Gasteiger partial charge in [0.05, 0.1) is 26.4 Å². The van der Waals surface area contributed by atoms with E-state index < -0.39 is 0 Å². The Labute approximate surface area is 176 Å². The number of morpholine rings is 1. The van der Waals surface area contributed by atoms with Gasteiger partial charge >= 0.3 is 0 Å². The summed E-state index contributed by atoms with van der Waals surface area (Å²) in [5.41, 5.74) is 0. The third-order valence-electron chi connectivity index (χ3n) is 4.22. The Kier molecular flexibility index (Phi) is 16.9. The number of halogens is 1. The molecule has 0 aromatic carbocycles. The van der Waals surface area contributed by atoms with Crippen molar-refractivity contribution in [2.75, 3.05) is 73.4 Å². The molecule has 1 aliphatic rings. The summed E-state index contributed by atoms with van der Waals surface area (Å²) in [7, 11) is 3.50. The van der Waals surface area contributed by atoms with Crippen molar-refractivity contribution in [1.82, 2.24) is 15.5 Å². The maximum Gasteiger partial charge on any atom is 0.191 e. The molecule has 26 heavy (non-hydrogen) atoms. The Morgan fingerprint density at radius 1 is 1.15 bits per heavy atom. The van der Waals surface area contributed by atoms with Crippen LogP contribution >= 0.6 is 24.0 Å². The molecule has 1 heterocycles. The molecule has 0 radical (unpaired) electrons. The van der Waals surface area contributed by atoms with E-state index in [2.05, 4.69) is 34.4 Å². The van der Waals surface area contributed by atoms with Gasteiger partial charge in [0.1, 0.15) is 0 Å². The van der Waals surface area contributed by atoms with Crippen LogP contribution in [0.25, 0.3) is 0 Å². The fourth-order valence-electron chi connectivity index (χ4n) is 2.91. The lowest BCUT2D eigenvalue weighted by Gasteiger charge is -2.35. The van der Waals surface area contributed by atoms with Gasteiger partial charge in [-0.3, -0.25) is 9.89 Å². The number of guanidine groups is 1. The number of aliphatic imine (C=N–C) groups is 1. The summed E-state index contributed by atoms with van der Waals surface area (Å²) in [5.74, 6) is 1.53. The summed E-state index contributed by atoms with van der Waals surface area (Å²) in [6, 6.07) is 0.514. The molecule has 1 atom stereocenters. The van der Waals surface area contributed by atoms with Crippen LogP contribution in [-0.2, 0) is 14.2 Å². The van der Waals surface area contributed by atoms with E-state index in [-0.39, 0.29) is 24.0 Å². The molecule has 156 valence electrons. The first-order valence-corrected chi connectivity index (χ1v) is 9.50. The second-order valence-corrected chi connectivity index (χ2v) is 6.77. The van der Waals surface area contributed by atoms with Crippen molar-refractivity contribution in [3.63, 3.8) is 0 Å². The topological polar surface area (TPSA) is 67.4 Å². The zero-order valence-electron chi connectivity index (χ0n) is 17.0. The Balaban J connectivity index is 0.00000625. The molecule has 0 aliphatic carbocycles. The van der Waals surface area contributed by atoms with Crippen LogP contribution in [0, 0.1) is 5.92 Å². The van der Waals surface area contributed by atoms with Gasteiger partial charge < -0.3 is 24.8 Å². The van der Waals surface area contributed by atoms with Crippen molar-refractivity contribution in [3.05, 3.63) is 0 Å². The van der Waals surface area contributed by atoms with Crippen LogP contribution in [0.3, 0.4) is 0 Å². The Morgan fingerprint density at radius 3 is 2.50 bits per heavy atom. The van der Waals surface area contributed by atoms with Gasteiger partial charge in [0.15, 0.2) is 5.96 Å². The summed E-state index contributed by atoms with van der Waals surface area (Å²) in [6.07, 6.45) is 2.13. The molecule has 2 N–H and O–H groups in total. The van der Waals surface area contributed by atoms with Crippen LogP contribution in [0.15, 0.2) is 4.99 Å². The van der Waals surface area contributed by atoms with Crippen molar-refractivity contribution < 1.29 is 14.2 Å². The van der Waals surface area contributed by atoms with E-state index in [0.717, 1.165) is 58.4 Å². The third-order valence-corrected chi connectivity index (χ3v) is 4.22. The molecule has 1 aliphatic heterocycles. The minimum absolute atomic E-state index is 0. The standard InChI is InChI=1S/C18H38N4O3.HI/c1-16(2)14-17(22-7-10-25-11-8-22)15-21-18(19-3)20-6-5-9-24-13-12-23-4;/h16-17H,5-15H2,1-4H3,(H2,19,20,21);1H. The number of nitrogens with one attached hydrogen (secondary N) is 2. The van der Waals surface area contributed by atoms with Crippen molar-refractivity contribution in [1.29, 1.82) is 0 Å². The van der Waals surface area contributed by atoms with Crippen LogP contribution in [0.5, 0.6) is 0 Å². The summed E-state index contributed by atoms with van der Waals surface area (Å²) in [6.45, 7) is 12.1. The molecule has 1 unspecified atom stereocenters. The molecule has 1 saturated heterocycles. The van der Waals surface area contributed by atoms with Gasteiger partial charge in [0.25, 0.3) is 0 Å². The maximum atomic E-state index is 5.48. The second kappa shape index (κ2) is 17.0. The normalized spacial score (nSPS) is 17.0. The fraction of sp³-hybridized carbons (Fsp3) is 0.944. The van der Waals surface area contributed by atoms with E-state index in [0.29, 0.717) is 25.2 Å². The zero-order chi connectivity index (χ0) is 18.3. The highest BCUT2D eigenvalue weighted by atomic mass is 127. The number of nitrogens with zero attached hydrogens (tertiary/aromatic N) is 2. The van der Waals surface area contributed by atoms with Crippen molar-refractivity contribution in [3.8, 4) is 0 Å². The van der Waals surface area contributed by atoms with Crippen molar-refractivity contribution in [2.45, 2.75) is 32.7 Å². The number of hydrogen-bond donors (Lipinski definition) is 2. The van der Waals surface area contributed by atoms with Crippen LogP contribution in [-0.4, -0.2) is 90.3 Å². The minimum Gasteiger partial charge on any atom is -0.382 e. The summed E-state index contributed by atoms with van der Waals surface area (Å²) in [5, 5.41) is 6.84. The predicted molar refractivity (Wildman–Crippen MR) is 118 cm³/mol. The van der Waals surface area contributed by atoms with Gasteiger partial charge in [-0.25, -0.2) is 0 Å². The summed E-state index contributed by atoms with van der Waals surface area (Å²) in [4.78, 5) is 6.86. The first-order valence-electron chi connectivity index (χ1n) is 9.50. The van der Waals surface area contributed by atoms with Gasteiger partial charge in [-0.2, -0.15) is 0 Å². The molecule has 0 saturated carbocycles. The van der Waals surface area contributed by atoms with Crippen molar-refractivity contribution >= 4 is 29.9 Å². The van der Waals surface area contributed by atoms with Crippen LogP contribution < -0.4 is 10.6 Å². The van der Waals surface area contributed by atoms with E-state index in [1.54, 1.807) is 7.11 Å². The van der Waals surface area contributed by atoms with Crippen LogP contribution in [0.1, 0.15) is 26.7 Å². The lowest BCUT2D eigenvalue weighted by atomic mass is 10.0. The van der Waals surface area contributed by atoms with E-state index in [9.17, 15) is 0 Å². The highest BCUT2D eigenvalue weighted by Gasteiger charge is 2.22. The highest BCUT2D eigenvalue weighted by molar-refractivity contribution is 14.0. The molecular weight excluding hydrogens is 447 g/mol. The Hall–Kier alpha value is -0.160. The number of hydrogen-bond acceptors (Lipinski definition) is 5. The molecule has 0 amide bonds. The average Bonchev–Trinajstić information content (AvgIpc) is 2.62. The van der Waals surface area contributed by atoms with Gasteiger partial charge in [0, 0.05) is 53.0 Å². The quantitative estimate of drug-likeness (QED) is 0.189. The van der Waals surface area contributed by atoms with Crippen LogP contribution in [0.2, 0.25) is 0 Å². The van der Waals surface area contributed by atoms with Crippen molar-refractivity contribution in [2.24, 2.45) is 10.9 Å². The van der Waals surface area contributed by atoms with Crippen LogP contribution in [0.4, 0.5) is 0 Å². The first kappa shape index (κ1) is 25.8. The third kappa shape index (κ3) is 12.3. The molecular formula is C18H39IN4O3. The van der Waals surface area contributed by atoms with E-state index in [1.165, 1.54) is 6.42 Å². The zero-order valence-corrected chi connectivity index (χ0v) is 19.3. The summed E-state index contributed by atoms with van der Waals surface area (Å²) >= 11 is 0. The second-order valence-electron chi connectivity index (χ2n) is 6.77. The van der Waals surface area contributed by atoms with E-state index >= 15 is 0 Å². The Morgan fingerprint density at radius 2 is 1.88 bits per heavy atom. The maximum absolute atomic E-state index is 5.48. The summed E-state index contributed by atoms with van der Waals surface area (Å²) < 4.78 is 15.9. The lowest BCUT2D eigenvalue weighted by molar-refractivity contribution is 0.0132. The molecule has 7 nitrogen and oxygen atoms in total. The molecule has 0 aromatic rings. The van der Waals surface area contributed by atoms with E-state index in [1.807, 2.05) is 7.05 Å². The van der Waals surface area contributed by atoms with Gasteiger partial charge in [-0.05, 0) is 18.8 Å². The average molecular weight is 486 g/mol.